The zero-order chi connectivity index (χ0) is 21.5. The number of likely N-dealkylation sites (tertiary alicyclic amines) is 1. The number of hydrogen-bond acceptors (Lipinski definition) is 4. The lowest BCUT2D eigenvalue weighted by Crippen LogP contribution is -2.35. The maximum absolute atomic E-state index is 12.7. The van der Waals surface area contributed by atoms with Crippen LogP contribution in [0, 0.1) is 0 Å². The minimum absolute atomic E-state index is 0.0904. The normalized spacial score (nSPS) is 18.6. The number of ether oxygens (including phenoxy) is 2. The number of piperidine rings is 1. The minimum Gasteiger partial charge on any atom is -0.490 e. The molecule has 0 saturated carbocycles. The van der Waals surface area contributed by atoms with Gasteiger partial charge in [0.1, 0.15) is 12.4 Å². The van der Waals surface area contributed by atoms with E-state index in [4.69, 9.17) is 9.47 Å². The van der Waals surface area contributed by atoms with Crippen LogP contribution in [-0.4, -0.2) is 49.1 Å². The van der Waals surface area contributed by atoms with E-state index in [0.29, 0.717) is 30.0 Å². The molecular formula is C25H30N2O4. The summed E-state index contributed by atoms with van der Waals surface area (Å²) >= 11 is 0. The Morgan fingerprint density at radius 3 is 2.52 bits per heavy atom. The van der Waals surface area contributed by atoms with Gasteiger partial charge in [-0.2, -0.15) is 0 Å². The fraction of sp³-hybridized carbons (Fsp3) is 0.440. The van der Waals surface area contributed by atoms with E-state index < -0.39 is 0 Å². The molecule has 2 aliphatic rings. The second-order valence-corrected chi connectivity index (χ2v) is 8.17. The minimum atomic E-state index is -0.184. The summed E-state index contributed by atoms with van der Waals surface area (Å²) in [5, 5.41) is 2.95. The maximum Gasteiger partial charge on any atom is 0.255 e. The average molecular weight is 423 g/mol. The monoisotopic (exact) mass is 422 g/mol. The highest BCUT2D eigenvalue weighted by molar-refractivity contribution is 5.97. The third-order valence-electron chi connectivity index (χ3n) is 5.88. The van der Waals surface area contributed by atoms with E-state index in [2.05, 4.69) is 5.32 Å². The van der Waals surface area contributed by atoms with Crippen LogP contribution in [0.1, 0.15) is 58.4 Å². The molecule has 164 valence electrons. The topological polar surface area (TPSA) is 67.9 Å². The number of amides is 2. The van der Waals surface area contributed by atoms with Crippen LogP contribution in [0.15, 0.2) is 48.5 Å². The van der Waals surface area contributed by atoms with Crippen molar-refractivity contribution in [1.82, 2.24) is 10.2 Å². The molecule has 2 aromatic carbocycles. The molecule has 4 rings (SSSR count). The zero-order valence-electron chi connectivity index (χ0n) is 17.8. The molecule has 2 fully saturated rings. The number of nitrogens with zero attached hydrogens (tertiary/aromatic N) is 1. The van der Waals surface area contributed by atoms with Crippen molar-refractivity contribution in [2.75, 3.05) is 26.3 Å². The summed E-state index contributed by atoms with van der Waals surface area (Å²) in [6, 6.07) is 14.8. The Labute approximate surface area is 183 Å². The first kappa shape index (κ1) is 21.4. The molecule has 0 spiro atoms. The fourth-order valence-electron chi connectivity index (χ4n) is 4.06. The van der Waals surface area contributed by atoms with E-state index in [1.807, 2.05) is 47.4 Å². The highest BCUT2D eigenvalue weighted by Gasteiger charge is 2.19. The number of carbonyl (C=O) groups is 2. The van der Waals surface area contributed by atoms with E-state index >= 15 is 0 Å². The first-order valence-electron chi connectivity index (χ1n) is 11.2. The molecule has 1 N–H and O–H groups in total. The van der Waals surface area contributed by atoms with E-state index in [-0.39, 0.29) is 17.9 Å². The van der Waals surface area contributed by atoms with Gasteiger partial charge >= 0.3 is 0 Å². The number of hydrogen-bond donors (Lipinski definition) is 1. The van der Waals surface area contributed by atoms with Crippen LogP contribution in [-0.2, 0) is 11.3 Å². The van der Waals surface area contributed by atoms with Crippen molar-refractivity contribution in [3.63, 3.8) is 0 Å². The number of nitrogens with one attached hydrogen (secondary N) is 1. The third-order valence-corrected chi connectivity index (χ3v) is 5.88. The molecule has 0 bridgehead atoms. The van der Waals surface area contributed by atoms with Gasteiger partial charge in [-0.15, -0.1) is 0 Å². The molecule has 2 amide bonds. The van der Waals surface area contributed by atoms with Crippen LogP contribution in [0.25, 0.3) is 0 Å². The number of benzene rings is 2. The van der Waals surface area contributed by atoms with Crippen LogP contribution in [0.3, 0.4) is 0 Å². The van der Waals surface area contributed by atoms with E-state index in [1.54, 1.807) is 6.07 Å². The van der Waals surface area contributed by atoms with Gasteiger partial charge in [-0.25, -0.2) is 0 Å². The molecule has 31 heavy (non-hydrogen) atoms. The smallest absolute Gasteiger partial charge is 0.255 e. The van der Waals surface area contributed by atoms with Gasteiger partial charge in [0.2, 0.25) is 0 Å². The molecule has 0 aliphatic carbocycles. The van der Waals surface area contributed by atoms with Crippen molar-refractivity contribution >= 4 is 11.8 Å². The Morgan fingerprint density at radius 1 is 1.00 bits per heavy atom. The summed E-state index contributed by atoms with van der Waals surface area (Å²) in [5.74, 6) is 0.474. The van der Waals surface area contributed by atoms with Crippen molar-refractivity contribution in [2.45, 2.75) is 44.8 Å². The van der Waals surface area contributed by atoms with Crippen molar-refractivity contribution < 1.29 is 19.1 Å². The van der Waals surface area contributed by atoms with Gasteiger partial charge in [0.15, 0.2) is 0 Å². The Morgan fingerprint density at radius 2 is 1.77 bits per heavy atom. The lowest BCUT2D eigenvalue weighted by atomic mass is 10.1. The summed E-state index contributed by atoms with van der Waals surface area (Å²) in [5.41, 5.74) is 2.16. The molecule has 2 saturated heterocycles. The zero-order valence-corrected chi connectivity index (χ0v) is 17.8. The van der Waals surface area contributed by atoms with Crippen LogP contribution >= 0.6 is 0 Å². The molecular weight excluding hydrogens is 392 g/mol. The first-order chi connectivity index (χ1) is 15.2. The first-order valence-corrected chi connectivity index (χ1v) is 11.2. The highest BCUT2D eigenvalue weighted by Crippen LogP contribution is 2.21. The van der Waals surface area contributed by atoms with Crippen LogP contribution in [0.2, 0.25) is 0 Å². The van der Waals surface area contributed by atoms with Crippen molar-refractivity contribution in [2.24, 2.45) is 0 Å². The van der Waals surface area contributed by atoms with Crippen molar-refractivity contribution in [3.8, 4) is 5.75 Å². The standard InChI is InChI=1S/C25H30N2O4/c28-24(22-8-2-3-9-23(22)31-18-21-7-6-16-30-21)26-17-19-10-12-20(13-11-19)25(29)27-14-4-1-5-15-27/h2-3,8-13,21H,1,4-7,14-18H2,(H,26,28). The molecule has 2 heterocycles. The summed E-state index contributed by atoms with van der Waals surface area (Å²) in [6.07, 6.45) is 5.50. The lowest BCUT2D eigenvalue weighted by Gasteiger charge is -2.26. The van der Waals surface area contributed by atoms with Gasteiger partial charge in [0.05, 0.1) is 11.7 Å². The average Bonchev–Trinajstić information content (AvgIpc) is 3.35. The molecule has 0 radical (unpaired) electrons. The van der Waals surface area contributed by atoms with Crippen LogP contribution in [0.5, 0.6) is 5.75 Å². The van der Waals surface area contributed by atoms with Gasteiger partial charge in [-0.05, 0) is 61.9 Å². The second-order valence-electron chi connectivity index (χ2n) is 8.17. The van der Waals surface area contributed by atoms with E-state index in [0.717, 1.165) is 50.9 Å². The summed E-state index contributed by atoms with van der Waals surface area (Å²) < 4.78 is 11.5. The van der Waals surface area contributed by atoms with Gasteiger partial charge in [0, 0.05) is 31.8 Å². The van der Waals surface area contributed by atoms with E-state index in [9.17, 15) is 9.59 Å². The molecule has 1 unspecified atom stereocenters. The molecule has 6 heteroatoms. The Kier molecular flexibility index (Phi) is 7.20. The maximum atomic E-state index is 12.7. The molecule has 0 aromatic heterocycles. The number of rotatable bonds is 7. The fourth-order valence-corrected chi connectivity index (χ4v) is 4.06. The summed E-state index contributed by atoms with van der Waals surface area (Å²) in [7, 11) is 0. The number of para-hydroxylation sites is 1. The van der Waals surface area contributed by atoms with E-state index in [1.165, 1.54) is 6.42 Å². The molecule has 6 nitrogen and oxygen atoms in total. The van der Waals surface area contributed by atoms with Gasteiger partial charge in [-0.3, -0.25) is 9.59 Å². The Bertz CT molecular complexity index is 885. The predicted molar refractivity (Wildman–Crippen MR) is 118 cm³/mol. The quantitative estimate of drug-likeness (QED) is 0.737. The van der Waals surface area contributed by atoms with Gasteiger partial charge in [0.25, 0.3) is 11.8 Å². The Balaban J connectivity index is 1.32. The predicted octanol–water partition coefficient (Wildman–Crippen LogP) is 3.80. The third kappa shape index (κ3) is 5.64. The van der Waals surface area contributed by atoms with Crippen molar-refractivity contribution in [1.29, 1.82) is 0 Å². The van der Waals surface area contributed by atoms with Crippen LogP contribution < -0.4 is 10.1 Å². The second kappa shape index (κ2) is 10.4. The molecule has 1 atom stereocenters. The summed E-state index contributed by atoms with van der Waals surface area (Å²) in [4.78, 5) is 27.2. The highest BCUT2D eigenvalue weighted by atomic mass is 16.5. The van der Waals surface area contributed by atoms with Gasteiger partial charge in [-0.1, -0.05) is 24.3 Å². The largest absolute Gasteiger partial charge is 0.490 e. The number of carbonyl (C=O) groups excluding carboxylic acids is 2. The molecule has 2 aromatic rings. The molecule has 2 aliphatic heterocycles. The summed E-state index contributed by atoms with van der Waals surface area (Å²) in [6.45, 7) is 3.29. The van der Waals surface area contributed by atoms with Gasteiger partial charge < -0.3 is 19.7 Å². The van der Waals surface area contributed by atoms with Crippen molar-refractivity contribution in [3.05, 3.63) is 65.2 Å². The Hall–Kier alpha value is -2.86. The lowest BCUT2D eigenvalue weighted by molar-refractivity contribution is 0.0670. The SMILES string of the molecule is O=C(NCc1ccc(C(=O)N2CCCCC2)cc1)c1ccccc1OCC1CCCO1. The van der Waals surface area contributed by atoms with Crippen LogP contribution in [0.4, 0.5) is 0 Å².